The molecule has 4 heteroatoms. The van der Waals surface area contributed by atoms with Gasteiger partial charge in [0.05, 0.1) is 11.3 Å². The van der Waals surface area contributed by atoms with Gasteiger partial charge in [-0.1, -0.05) is 0 Å². The predicted octanol–water partition coefficient (Wildman–Crippen LogP) is 1.37. The van der Waals surface area contributed by atoms with E-state index in [9.17, 15) is 4.79 Å². The number of anilines is 1. The van der Waals surface area contributed by atoms with Gasteiger partial charge in [-0.15, -0.1) is 0 Å². The van der Waals surface area contributed by atoms with Crippen molar-refractivity contribution in [1.29, 1.82) is 5.26 Å². The van der Waals surface area contributed by atoms with Gasteiger partial charge in [-0.05, 0) is 32.3 Å². The molecule has 0 heterocycles. The Morgan fingerprint density at radius 3 is 2.53 bits per heavy atom. The van der Waals surface area contributed by atoms with Gasteiger partial charge in [0, 0.05) is 25.7 Å². The minimum absolute atomic E-state index is 0.534. The summed E-state index contributed by atoms with van der Waals surface area (Å²) in [5, 5.41) is 9.06. The van der Waals surface area contributed by atoms with Gasteiger partial charge in [-0.25, -0.2) is 0 Å². The zero-order chi connectivity index (χ0) is 12.8. The first-order chi connectivity index (χ1) is 8.08. The van der Waals surface area contributed by atoms with E-state index in [2.05, 4.69) is 11.0 Å². The fourth-order valence-corrected chi connectivity index (χ4v) is 1.52. The monoisotopic (exact) mass is 231 g/mol. The summed E-state index contributed by atoms with van der Waals surface area (Å²) in [6.07, 6.45) is 0.754. The largest absolute Gasteiger partial charge is 0.372 e. The van der Waals surface area contributed by atoms with E-state index in [1.807, 2.05) is 32.1 Å². The van der Waals surface area contributed by atoms with Crippen molar-refractivity contribution in [3.05, 3.63) is 29.3 Å². The van der Waals surface area contributed by atoms with Gasteiger partial charge in [-0.2, -0.15) is 5.26 Å². The third-order valence-corrected chi connectivity index (χ3v) is 2.57. The second kappa shape index (κ2) is 6.02. The number of nitriles is 1. The number of benzene rings is 1. The van der Waals surface area contributed by atoms with Crippen molar-refractivity contribution < 1.29 is 4.79 Å². The summed E-state index contributed by atoms with van der Waals surface area (Å²) < 4.78 is 0. The summed E-state index contributed by atoms with van der Waals surface area (Å²) in [5.41, 5.74) is 1.93. The summed E-state index contributed by atoms with van der Waals surface area (Å²) in [6.45, 7) is 1.75. The lowest BCUT2D eigenvalue weighted by Gasteiger charge is -2.22. The van der Waals surface area contributed by atoms with Crippen LogP contribution in [0.3, 0.4) is 0 Å². The summed E-state index contributed by atoms with van der Waals surface area (Å²) in [5.74, 6) is 0. The van der Waals surface area contributed by atoms with E-state index < -0.39 is 0 Å². The van der Waals surface area contributed by atoms with Crippen molar-refractivity contribution >= 4 is 12.0 Å². The highest BCUT2D eigenvalue weighted by Gasteiger charge is 2.08. The molecule has 0 aliphatic rings. The molecule has 4 nitrogen and oxygen atoms in total. The Labute approximate surface area is 102 Å². The van der Waals surface area contributed by atoms with Crippen molar-refractivity contribution in [2.24, 2.45) is 0 Å². The molecule has 0 radical (unpaired) electrons. The van der Waals surface area contributed by atoms with Crippen molar-refractivity contribution in [2.45, 2.75) is 0 Å². The van der Waals surface area contributed by atoms with Gasteiger partial charge in [0.25, 0.3) is 0 Å². The molecule has 1 aromatic carbocycles. The van der Waals surface area contributed by atoms with Crippen LogP contribution in [-0.2, 0) is 0 Å². The van der Waals surface area contributed by atoms with Gasteiger partial charge in [-0.3, -0.25) is 4.79 Å². The predicted molar refractivity (Wildman–Crippen MR) is 68.4 cm³/mol. The molecule has 0 atom stereocenters. The van der Waals surface area contributed by atoms with Gasteiger partial charge >= 0.3 is 0 Å². The Hall–Kier alpha value is -1.86. The first-order valence-electron chi connectivity index (χ1n) is 5.43. The second-order valence-electron chi connectivity index (χ2n) is 4.23. The maximum atomic E-state index is 10.6. The molecule has 0 saturated carbocycles. The van der Waals surface area contributed by atoms with Crippen LogP contribution in [0.1, 0.15) is 15.9 Å². The molecule has 0 N–H and O–H groups in total. The third-order valence-electron chi connectivity index (χ3n) is 2.57. The number of carbonyl (C=O) groups is 1. The molecule has 0 aromatic heterocycles. The number of carbonyl (C=O) groups excluding carboxylic acids is 1. The summed E-state index contributed by atoms with van der Waals surface area (Å²) in [7, 11) is 5.96. The molecule has 0 bridgehead atoms. The van der Waals surface area contributed by atoms with Crippen LogP contribution in [-0.4, -0.2) is 45.4 Å². The summed E-state index contributed by atoms with van der Waals surface area (Å²) in [4.78, 5) is 14.7. The molecule has 90 valence electrons. The average molecular weight is 231 g/mol. The van der Waals surface area contributed by atoms with Crippen LogP contribution in [0.15, 0.2) is 18.2 Å². The molecule has 0 saturated heterocycles. The van der Waals surface area contributed by atoms with E-state index >= 15 is 0 Å². The average Bonchev–Trinajstić information content (AvgIpc) is 2.34. The number of rotatable bonds is 5. The zero-order valence-electron chi connectivity index (χ0n) is 10.5. The minimum Gasteiger partial charge on any atom is -0.372 e. The van der Waals surface area contributed by atoms with Crippen LogP contribution < -0.4 is 4.90 Å². The Balaban J connectivity index is 2.90. The number of hydrogen-bond donors (Lipinski definition) is 0. The van der Waals surface area contributed by atoms with E-state index in [1.165, 1.54) is 0 Å². The number of likely N-dealkylation sites (N-methyl/N-ethyl adjacent to an activating group) is 2. The van der Waals surface area contributed by atoms with Gasteiger partial charge in [0.15, 0.2) is 0 Å². The van der Waals surface area contributed by atoms with E-state index in [0.29, 0.717) is 11.1 Å². The molecule has 0 aliphatic carbocycles. The van der Waals surface area contributed by atoms with Crippen LogP contribution in [0.5, 0.6) is 0 Å². The Bertz CT molecular complexity index is 435. The standard InChI is InChI=1S/C13H17N3O/c1-15(2)6-7-16(3)13-5-4-11(10-17)8-12(13)9-14/h4-5,8,10H,6-7H2,1-3H3. The highest BCUT2D eigenvalue weighted by Crippen LogP contribution is 2.19. The molecular formula is C13H17N3O. The van der Waals surface area contributed by atoms with E-state index in [4.69, 9.17) is 5.26 Å². The van der Waals surface area contributed by atoms with Gasteiger partial charge in [0.2, 0.25) is 0 Å². The van der Waals surface area contributed by atoms with Crippen molar-refractivity contribution in [2.75, 3.05) is 39.1 Å². The van der Waals surface area contributed by atoms with Crippen LogP contribution in [0, 0.1) is 11.3 Å². The number of hydrogen-bond acceptors (Lipinski definition) is 4. The molecule has 1 rings (SSSR count). The molecule has 0 aliphatic heterocycles. The number of nitrogens with zero attached hydrogens (tertiary/aromatic N) is 3. The smallest absolute Gasteiger partial charge is 0.150 e. The Morgan fingerprint density at radius 1 is 1.29 bits per heavy atom. The van der Waals surface area contributed by atoms with Crippen molar-refractivity contribution in [1.82, 2.24) is 4.90 Å². The minimum atomic E-state index is 0.534. The summed E-state index contributed by atoms with van der Waals surface area (Å²) >= 11 is 0. The first-order valence-corrected chi connectivity index (χ1v) is 5.43. The van der Waals surface area contributed by atoms with Gasteiger partial charge in [0.1, 0.15) is 12.4 Å². The SMILES string of the molecule is CN(C)CCN(C)c1ccc(C=O)cc1C#N. The lowest BCUT2D eigenvalue weighted by Crippen LogP contribution is -2.28. The maximum Gasteiger partial charge on any atom is 0.150 e. The number of aldehydes is 1. The highest BCUT2D eigenvalue weighted by atomic mass is 16.1. The van der Waals surface area contributed by atoms with Crippen LogP contribution >= 0.6 is 0 Å². The van der Waals surface area contributed by atoms with E-state index in [1.54, 1.807) is 12.1 Å². The van der Waals surface area contributed by atoms with Crippen LogP contribution in [0.25, 0.3) is 0 Å². The maximum absolute atomic E-state index is 10.6. The first kappa shape index (κ1) is 13.2. The molecule has 0 fully saturated rings. The fraction of sp³-hybridized carbons (Fsp3) is 0.385. The topological polar surface area (TPSA) is 47.3 Å². The Morgan fingerprint density at radius 2 is 2.00 bits per heavy atom. The molecule has 17 heavy (non-hydrogen) atoms. The Kier molecular flexibility index (Phi) is 4.68. The second-order valence-corrected chi connectivity index (χ2v) is 4.23. The van der Waals surface area contributed by atoms with Crippen LogP contribution in [0.2, 0.25) is 0 Å². The molecule has 0 amide bonds. The normalized spacial score (nSPS) is 10.1. The molecular weight excluding hydrogens is 214 g/mol. The highest BCUT2D eigenvalue weighted by molar-refractivity contribution is 5.78. The van der Waals surface area contributed by atoms with Crippen molar-refractivity contribution in [3.8, 4) is 6.07 Å². The lowest BCUT2D eigenvalue weighted by molar-refractivity contribution is 0.112. The van der Waals surface area contributed by atoms with Crippen molar-refractivity contribution in [3.63, 3.8) is 0 Å². The zero-order valence-corrected chi connectivity index (χ0v) is 10.5. The molecule has 0 unspecified atom stereocenters. The lowest BCUT2D eigenvalue weighted by atomic mass is 10.1. The van der Waals surface area contributed by atoms with Gasteiger partial charge < -0.3 is 9.80 Å². The third kappa shape index (κ3) is 3.58. The van der Waals surface area contributed by atoms with Crippen LogP contribution in [0.4, 0.5) is 5.69 Å². The summed E-state index contributed by atoms with van der Waals surface area (Å²) in [6, 6.07) is 7.29. The van der Waals surface area contributed by atoms with E-state index in [-0.39, 0.29) is 0 Å². The van der Waals surface area contributed by atoms with E-state index in [0.717, 1.165) is 25.1 Å². The fourth-order valence-electron chi connectivity index (χ4n) is 1.52. The quantitative estimate of drug-likeness (QED) is 0.718. The molecule has 0 spiro atoms. The molecule has 1 aromatic rings.